The SMILES string of the molecule is CCNC(Cn1ccc(C)n1)c1ccc(C)c(C)c1. The molecule has 0 fully saturated rings. The molecule has 0 saturated heterocycles. The lowest BCUT2D eigenvalue weighted by Gasteiger charge is -2.19. The number of nitrogens with one attached hydrogen (secondary N) is 1. The Morgan fingerprint density at radius 2 is 1.95 bits per heavy atom. The minimum Gasteiger partial charge on any atom is -0.309 e. The van der Waals surface area contributed by atoms with Crippen molar-refractivity contribution in [1.29, 1.82) is 0 Å². The molecule has 0 radical (unpaired) electrons. The molecule has 2 aromatic rings. The molecule has 19 heavy (non-hydrogen) atoms. The van der Waals surface area contributed by atoms with Crippen molar-refractivity contribution in [2.75, 3.05) is 6.54 Å². The summed E-state index contributed by atoms with van der Waals surface area (Å²) in [6, 6.07) is 9.04. The average Bonchev–Trinajstić information content (AvgIpc) is 2.78. The molecular formula is C16H23N3. The fourth-order valence-electron chi connectivity index (χ4n) is 2.27. The van der Waals surface area contributed by atoms with Crippen LogP contribution in [0.3, 0.4) is 0 Å². The fraction of sp³-hybridized carbons (Fsp3) is 0.438. The van der Waals surface area contributed by atoms with Crippen molar-refractivity contribution in [2.45, 2.75) is 40.3 Å². The first-order valence-electron chi connectivity index (χ1n) is 6.90. The van der Waals surface area contributed by atoms with Crippen LogP contribution in [-0.4, -0.2) is 16.3 Å². The van der Waals surface area contributed by atoms with Gasteiger partial charge >= 0.3 is 0 Å². The quantitative estimate of drug-likeness (QED) is 0.891. The van der Waals surface area contributed by atoms with Gasteiger partial charge < -0.3 is 5.32 Å². The molecule has 1 unspecified atom stereocenters. The number of aryl methyl sites for hydroxylation is 3. The van der Waals surface area contributed by atoms with Crippen molar-refractivity contribution in [1.82, 2.24) is 15.1 Å². The summed E-state index contributed by atoms with van der Waals surface area (Å²) in [4.78, 5) is 0. The summed E-state index contributed by atoms with van der Waals surface area (Å²) in [6.45, 7) is 10.3. The van der Waals surface area contributed by atoms with Crippen LogP contribution in [0.15, 0.2) is 30.5 Å². The highest BCUT2D eigenvalue weighted by atomic mass is 15.3. The van der Waals surface area contributed by atoms with Crippen molar-refractivity contribution >= 4 is 0 Å². The highest BCUT2D eigenvalue weighted by Crippen LogP contribution is 2.18. The van der Waals surface area contributed by atoms with Crippen LogP contribution in [0.1, 0.15) is 35.3 Å². The van der Waals surface area contributed by atoms with Gasteiger partial charge in [-0.1, -0.05) is 25.1 Å². The molecule has 0 saturated carbocycles. The molecule has 1 heterocycles. The summed E-state index contributed by atoms with van der Waals surface area (Å²) in [6.07, 6.45) is 2.04. The second-order valence-corrected chi connectivity index (χ2v) is 5.13. The van der Waals surface area contributed by atoms with E-state index in [2.05, 4.69) is 49.4 Å². The van der Waals surface area contributed by atoms with E-state index in [1.807, 2.05) is 23.9 Å². The normalized spacial score (nSPS) is 12.6. The Bertz CT molecular complexity index is 543. The van der Waals surface area contributed by atoms with E-state index in [0.717, 1.165) is 18.8 Å². The highest BCUT2D eigenvalue weighted by Gasteiger charge is 2.12. The topological polar surface area (TPSA) is 29.9 Å². The van der Waals surface area contributed by atoms with Crippen LogP contribution >= 0.6 is 0 Å². The Morgan fingerprint density at radius 3 is 2.53 bits per heavy atom. The van der Waals surface area contributed by atoms with Crippen LogP contribution in [0, 0.1) is 20.8 Å². The lowest BCUT2D eigenvalue weighted by atomic mass is 10.0. The van der Waals surface area contributed by atoms with E-state index in [1.165, 1.54) is 16.7 Å². The Labute approximate surface area is 115 Å². The Kier molecular flexibility index (Phi) is 4.38. The summed E-state index contributed by atoms with van der Waals surface area (Å²) in [5.74, 6) is 0. The smallest absolute Gasteiger partial charge is 0.0604 e. The number of aromatic nitrogens is 2. The lowest BCUT2D eigenvalue weighted by Crippen LogP contribution is -2.25. The van der Waals surface area contributed by atoms with Crippen molar-refractivity contribution in [3.63, 3.8) is 0 Å². The molecule has 1 aromatic heterocycles. The zero-order chi connectivity index (χ0) is 13.8. The maximum Gasteiger partial charge on any atom is 0.0604 e. The molecule has 0 aliphatic heterocycles. The molecule has 0 spiro atoms. The van der Waals surface area contributed by atoms with E-state index in [4.69, 9.17) is 0 Å². The van der Waals surface area contributed by atoms with Crippen molar-refractivity contribution in [3.05, 3.63) is 52.8 Å². The van der Waals surface area contributed by atoms with Crippen LogP contribution in [0.2, 0.25) is 0 Å². The minimum atomic E-state index is 0.309. The molecule has 3 nitrogen and oxygen atoms in total. The molecule has 1 N–H and O–H groups in total. The van der Waals surface area contributed by atoms with Gasteiger partial charge in [-0.2, -0.15) is 5.10 Å². The second kappa shape index (κ2) is 6.02. The molecule has 0 bridgehead atoms. The summed E-state index contributed by atoms with van der Waals surface area (Å²) >= 11 is 0. The minimum absolute atomic E-state index is 0.309. The first-order chi connectivity index (χ1) is 9.10. The maximum absolute atomic E-state index is 4.47. The third-order valence-electron chi connectivity index (χ3n) is 3.53. The molecular weight excluding hydrogens is 234 g/mol. The predicted octanol–water partition coefficient (Wildman–Crippen LogP) is 3.16. The van der Waals surface area contributed by atoms with Gasteiger partial charge in [0.25, 0.3) is 0 Å². The van der Waals surface area contributed by atoms with Gasteiger partial charge in [0.05, 0.1) is 18.3 Å². The molecule has 102 valence electrons. The molecule has 1 atom stereocenters. The molecule has 0 amide bonds. The van der Waals surface area contributed by atoms with E-state index in [1.54, 1.807) is 0 Å². The van der Waals surface area contributed by atoms with Crippen LogP contribution in [-0.2, 0) is 6.54 Å². The molecule has 2 rings (SSSR count). The number of nitrogens with zero attached hydrogens (tertiary/aromatic N) is 2. The Hall–Kier alpha value is -1.61. The third kappa shape index (κ3) is 3.44. The van der Waals surface area contributed by atoms with Gasteiger partial charge in [0, 0.05) is 6.20 Å². The van der Waals surface area contributed by atoms with E-state index in [9.17, 15) is 0 Å². The van der Waals surface area contributed by atoms with Crippen molar-refractivity contribution < 1.29 is 0 Å². The number of likely N-dealkylation sites (N-methyl/N-ethyl adjacent to an activating group) is 1. The number of rotatable bonds is 5. The van der Waals surface area contributed by atoms with Crippen LogP contribution in [0.5, 0.6) is 0 Å². The summed E-state index contributed by atoms with van der Waals surface area (Å²) in [5.41, 5.74) is 5.08. The van der Waals surface area contributed by atoms with Crippen LogP contribution < -0.4 is 5.32 Å². The maximum atomic E-state index is 4.47. The van der Waals surface area contributed by atoms with Crippen LogP contribution in [0.4, 0.5) is 0 Å². The Morgan fingerprint density at radius 1 is 1.16 bits per heavy atom. The molecule has 0 aliphatic carbocycles. The first-order valence-corrected chi connectivity index (χ1v) is 6.90. The Balaban J connectivity index is 2.21. The van der Waals surface area contributed by atoms with Crippen molar-refractivity contribution in [3.8, 4) is 0 Å². The second-order valence-electron chi connectivity index (χ2n) is 5.13. The molecule has 3 heteroatoms. The fourth-order valence-corrected chi connectivity index (χ4v) is 2.27. The number of benzene rings is 1. The van der Waals surface area contributed by atoms with E-state index in [0.29, 0.717) is 6.04 Å². The van der Waals surface area contributed by atoms with Gasteiger partial charge in [0.2, 0.25) is 0 Å². The zero-order valence-electron chi connectivity index (χ0n) is 12.3. The monoisotopic (exact) mass is 257 g/mol. The van der Waals surface area contributed by atoms with Gasteiger partial charge in [0.1, 0.15) is 0 Å². The average molecular weight is 257 g/mol. The van der Waals surface area contributed by atoms with Gasteiger partial charge in [0.15, 0.2) is 0 Å². The van der Waals surface area contributed by atoms with Gasteiger partial charge in [-0.25, -0.2) is 0 Å². The van der Waals surface area contributed by atoms with Gasteiger partial charge in [-0.15, -0.1) is 0 Å². The molecule has 1 aromatic carbocycles. The summed E-state index contributed by atoms with van der Waals surface area (Å²) in [7, 11) is 0. The van der Waals surface area contributed by atoms with Crippen molar-refractivity contribution in [2.24, 2.45) is 0 Å². The first kappa shape index (κ1) is 13.8. The largest absolute Gasteiger partial charge is 0.309 e. The van der Waals surface area contributed by atoms with E-state index in [-0.39, 0.29) is 0 Å². The van der Waals surface area contributed by atoms with E-state index >= 15 is 0 Å². The lowest BCUT2D eigenvalue weighted by molar-refractivity contribution is 0.446. The predicted molar refractivity (Wildman–Crippen MR) is 79.3 cm³/mol. The van der Waals surface area contributed by atoms with Gasteiger partial charge in [-0.05, 0) is 50.1 Å². The molecule has 0 aliphatic rings. The standard InChI is InChI=1S/C16H23N3/c1-5-17-16(11-19-9-8-14(4)18-19)15-7-6-12(2)13(3)10-15/h6-10,16-17H,5,11H2,1-4H3. The van der Waals surface area contributed by atoms with E-state index < -0.39 is 0 Å². The highest BCUT2D eigenvalue weighted by molar-refractivity contribution is 5.31. The number of hydrogen-bond donors (Lipinski definition) is 1. The van der Waals surface area contributed by atoms with Crippen LogP contribution in [0.25, 0.3) is 0 Å². The summed E-state index contributed by atoms with van der Waals surface area (Å²) in [5, 5.41) is 8.02. The zero-order valence-corrected chi connectivity index (χ0v) is 12.3. The third-order valence-corrected chi connectivity index (χ3v) is 3.53. The number of hydrogen-bond acceptors (Lipinski definition) is 2. The van der Waals surface area contributed by atoms with Gasteiger partial charge in [-0.3, -0.25) is 4.68 Å². The summed E-state index contributed by atoms with van der Waals surface area (Å²) < 4.78 is 2.01.